The van der Waals surface area contributed by atoms with Gasteiger partial charge in [0.25, 0.3) is 11.1 Å². The van der Waals surface area contributed by atoms with Crippen molar-refractivity contribution in [3.05, 3.63) is 103 Å². The summed E-state index contributed by atoms with van der Waals surface area (Å²) in [6.45, 7) is 4.16. The first kappa shape index (κ1) is 20.0. The standard InChI is InChI=1S/C25H21N5O2S/c1-16-23(31)29(18-10-6-3-7-11-18)25-26-22-21(24(32)30(25)27-16)19-12-13-28(15-20(19)33-22)14-17-8-4-2-5-9-17/h2-11H,12-15H2,1H3. The molecule has 0 spiro atoms. The monoisotopic (exact) mass is 455 g/mol. The average Bonchev–Trinajstić information content (AvgIpc) is 3.20. The molecular formula is C25H21N5O2S. The third-order valence-electron chi connectivity index (χ3n) is 6.14. The van der Waals surface area contributed by atoms with Crippen LogP contribution in [0.1, 0.15) is 21.7 Å². The predicted octanol–water partition coefficient (Wildman–Crippen LogP) is 3.32. The van der Waals surface area contributed by atoms with Crippen molar-refractivity contribution >= 4 is 27.3 Å². The lowest BCUT2D eigenvalue weighted by Gasteiger charge is -2.26. The Bertz CT molecular complexity index is 1620. The molecule has 0 unspecified atom stereocenters. The first-order chi connectivity index (χ1) is 16.1. The van der Waals surface area contributed by atoms with Crippen molar-refractivity contribution in [2.75, 3.05) is 6.54 Å². The molecular weight excluding hydrogens is 434 g/mol. The molecule has 1 aliphatic rings. The second-order valence-electron chi connectivity index (χ2n) is 8.32. The fraction of sp³-hybridized carbons (Fsp3) is 0.200. The molecule has 7 nitrogen and oxygen atoms in total. The van der Waals surface area contributed by atoms with Crippen molar-refractivity contribution in [3.63, 3.8) is 0 Å². The first-order valence-electron chi connectivity index (χ1n) is 10.9. The van der Waals surface area contributed by atoms with Crippen LogP contribution in [0.4, 0.5) is 0 Å². The molecule has 8 heteroatoms. The molecule has 0 fully saturated rings. The number of hydrogen-bond donors (Lipinski definition) is 0. The van der Waals surface area contributed by atoms with Crippen molar-refractivity contribution in [2.45, 2.75) is 26.4 Å². The number of hydrogen-bond acceptors (Lipinski definition) is 6. The Labute approximate surface area is 193 Å². The van der Waals surface area contributed by atoms with E-state index in [-0.39, 0.29) is 22.6 Å². The van der Waals surface area contributed by atoms with E-state index in [4.69, 9.17) is 4.98 Å². The van der Waals surface area contributed by atoms with E-state index < -0.39 is 0 Å². The summed E-state index contributed by atoms with van der Waals surface area (Å²) < 4.78 is 2.76. The van der Waals surface area contributed by atoms with E-state index in [2.05, 4.69) is 34.3 Å². The zero-order chi connectivity index (χ0) is 22.5. The highest BCUT2D eigenvalue weighted by molar-refractivity contribution is 7.18. The third-order valence-corrected chi connectivity index (χ3v) is 7.25. The highest BCUT2D eigenvalue weighted by Gasteiger charge is 2.25. The van der Waals surface area contributed by atoms with E-state index in [1.54, 1.807) is 18.3 Å². The summed E-state index contributed by atoms with van der Waals surface area (Å²) in [6, 6.07) is 19.7. The van der Waals surface area contributed by atoms with Gasteiger partial charge in [0, 0.05) is 24.5 Å². The van der Waals surface area contributed by atoms with E-state index in [9.17, 15) is 9.59 Å². The van der Waals surface area contributed by atoms with E-state index in [0.717, 1.165) is 36.5 Å². The Morgan fingerprint density at radius 3 is 2.45 bits per heavy atom. The van der Waals surface area contributed by atoms with Crippen molar-refractivity contribution in [2.24, 2.45) is 0 Å². The molecule has 1 aliphatic heterocycles. The Balaban J connectivity index is 1.51. The molecule has 0 radical (unpaired) electrons. The summed E-state index contributed by atoms with van der Waals surface area (Å²) in [5, 5.41) is 4.95. The summed E-state index contributed by atoms with van der Waals surface area (Å²) in [4.78, 5) is 35.6. The molecule has 2 aromatic carbocycles. The average molecular weight is 456 g/mol. The van der Waals surface area contributed by atoms with Crippen LogP contribution in [0.2, 0.25) is 0 Å². The van der Waals surface area contributed by atoms with E-state index >= 15 is 0 Å². The van der Waals surface area contributed by atoms with Gasteiger partial charge in [-0.05, 0) is 36.6 Å². The minimum Gasteiger partial charge on any atom is -0.294 e. The lowest BCUT2D eigenvalue weighted by atomic mass is 10.0. The Kier molecular flexibility index (Phi) is 4.70. The van der Waals surface area contributed by atoms with Crippen LogP contribution >= 0.6 is 11.3 Å². The number of nitrogens with zero attached hydrogens (tertiary/aromatic N) is 5. The van der Waals surface area contributed by atoms with Crippen molar-refractivity contribution in [3.8, 4) is 5.69 Å². The van der Waals surface area contributed by atoms with Crippen LogP contribution in [0, 0.1) is 6.92 Å². The minimum atomic E-state index is -0.275. The summed E-state index contributed by atoms with van der Waals surface area (Å²) in [5.74, 6) is 0.244. The van der Waals surface area contributed by atoms with Crippen LogP contribution in [0.15, 0.2) is 70.3 Å². The zero-order valence-electron chi connectivity index (χ0n) is 18.1. The normalized spacial score (nSPS) is 14.1. The smallest absolute Gasteiger partial charge is 0.284 e. The molecule has 0 saturated carbocycles. The molecule has 6 rings (SSSR count). The molecule has 0 bridgehead atoms. The molecule has 4 heterocycles. The maximum Gasteiger partial charge on any atom is 0.284 e. The summed E-state index contributed by atoms with van der Waals surface area (Å²) >= 11 is 1.55. The van der Waals surface area contributed by atoms with Gasteiger partial charge in [-0.1, -0.05) is 48.5 Å². The number of benzene rings is 2. The van der Waals surface area contributed by atoms with Crippen LogP contribution < -0.4 is 11.1 Å². The maximum absolute atomic E-state index is 13.6. The van der Waals surface area contributed by atoms with Gasteiger partial charge in [0.15, 0.2) is 0 Å². The van der Waals surface area contributed by atoms with E-state index in [1.165, 1.54) is 14.6 Å². The second kappa shape index (κ2) is 7.75. The van der Waals surface area contributed by atoms with Gasteiger partial charge < -0.3 is 0 Å². The highest BCUT2D eigenvalue weighted by Crippen LogP contribution is 2.33. The molecule has 0 aliphatic carbocycles. The van der Waals surface area contributed by atoms with Gasteiger partial charge in [-0.2, -0.15) is 9.61 Å². The molecule has 0 amide bonds. The zero-order valence-corrected chi connectivity index (χ0v) is 18.9. The van der Waals surface area contributed by atoms with Crippen LogP contribution in [-0.4, -0.2) is 30.6 Å². The topological polar surface area (TPSA) is 72.5 Å². The number of aromatic nitrogens is 4. The van der Waals surface area contributed by atoms with Crippen LogP contribution in [-0.2, 0) is 19.5 Å². The molecule has 5 aromatic rings. The number of para-hydroxylation sites is 1. The molecule has 0 saturated heterocycles. The van der Waals surface area contributed by atoms with Crippen molar-refractivity contribution in [1.29, 1.82) is 0 Å². The minimum absolute atomic E-state index is 0.211. The fourth-order valence-electron chi connectivity index (χ4n) is 4.54. The van der Waals surface area contributed by atoms with Gasteiger partial charge in [-0.3, -0.25) is 14.5 Å². The van der Waals surface area contributed by atoms with E-state index in [0.29, 0.717) is 15.9 Å². The number of aryl methyl sites for hydroxylation is 1. The number of fused-ring (bicyclic) bond motifs is 4. The predicted molar refractivity (Wildman–Crippen MR) is 129 cm³/mol. The van der Waals surface area contributed by atoms with Gasteiger partial charge in [0.2, 0.25) is 5.78 Å². The van der Waals surface area contributed by atoms with Gasteiger partial charge in [-0.25, -0.2) is 9.55 Å². The molecule has 164 valence electrons. The quantitative estimate of drug-likeness (QED) is 0.417. The van der Waals surface area contributed by atoms with Crippen molar-refractivity contribution in [1.82, 2.24) is 24.1 Å². The number of rotatable bonds is 3. The van der Waals surface area contributed by atoms with E-state index in [1.807, 2.05) is 36.4 Å². The lowest BCUT2D eigenvalue weighted by Crippen LogP contribution is -2.32. The van der Waals surface area contributed by atoms with Crippen LogP contribution in [0.25, 0.3) is 21.7 Å². The molecule has 3 aromatic heterocycles. The maximum atomic E-state index is 13.6. The van der Waals surface area contributed by atoms with Gasteiger partial charge >= 0.3 is 0 Å². The largest absolute Gasteiger partial charge is 0.294 e. The third kappa shape index (κ3) is 3.30. The Hall–Kier alpha value is -3.62. The molecule has 0 atom stereocenters. The van der Waals surface area contributed by atoms with Gasteiger partial charge in [-0.15, -0.1) is 11.3 Å². The van der Waals surface area contributed by atoms with Gasteiger partial charge in [0.1, 0.15) is 10.5 Å². The molecule has 0 N–H and O–H groups in total. The van der Waals surface area contributed by atoms with Crippen molar-refractivity contribution < 1.29 is 0 Å². The first-order valence-corrected chi connectivity index (χ1v) is 11.7. The summed E-state index contributed by atoms with van der Waals surface area (Å²) in [6.07, 6.45) is 0.794. The van der Waals surface area contributed by atoms with Crippen LogP contribution in [0.3, 0.4) is 0 Å². The second-order valence-corrected chi connectivity index (χ2v) is 9.40. The summed E-state index contributed by atoms with van der Waals surface area (Å²) in [5.41, 5.74) is 2.78. The fourth-order valence-corrected chi connectivity index (χ4v) is 5.79. The lowest BCUT2D eigenvalue weighted by molar-refractivity contribution is 0.249. The van der Waals surface area contributed by atoms with Gasteiger partial charge in [0.05, 0.1) is 11.1 Å². The molecule has 33 heavy (non-hydrogen) atoms. The Morgan fingerprint density at radius 1 is 0.970 bits per heavy atom. The summed E-state index contributed by atoms with van der Waals surface area (Å²) in [7, 11) is 0. The Morgan fingerprint density at radius 2 is 1.70 bits per heavy atom. The van der Waals surface area contributed by atoms with Crippen LogP contribution in [0.5, 0.6) is 0 Å². The highest BCUT2D eigenvalue weighted by atomic mass is 32.1. The SMILES string of the molecule is Cc1nn2c(=O)c3c4c(sc3nc2n(-c2ccccc2)c1=O)CN(Cc1ccccc1)CC4. The number of thiophene rings is 1.